The molecule has 4 aromatic rings. The Labute approximate surface area is 254 Å². The number of aromatic amines is 1. The van der Waals surface area contributed by atoms with Crippen molar-refractivity contribution in [3.8, 4) is 0 Å². The Morgan fingerprint density at radius 1 is 1.00 bits per heavy atom. The van der Waals surface area contributed by atoms with E-state index in [0.29, 0.717) is 0 Å². The minimum absolute atomic E-state index is 0.0135. The molecule has 0 spiro atoms. The summed E-state index contributed by atoms with van der Waals surface area (Å²) in [5.41, 5.74) is 10.6. The van der Waals surface area contributed by atoms with Gasteiger partial charge in [-0.15, -0.1) is 0 Å². The summed E-state index contributed by atoms with van der Waals surface area (Å²) in [5, 5.41) is 0. The van der Waals surface area contributed by atoms with Crippen molar-refractivity contribution >= 4 is 62.9 Å². The van der Waals surface area contributed by atoms with Gasteiger partial charge in [-0.1, -0.05) is 0 Å². The van der Waals surface area contributed by atoms with Gasteiger partial charge in [-0.05, 0) is 11.8 Å². The first kappa shape index (κ1) is 30.3. The number of alkyl halides is 2. The number of nitrogens with one attached hydrogen (secondary N) is 2. The third-order valence-corrected chi connectivity index (χ3v) is 9.83. The molecule has 7 heterocycles. The van der Waals surface area contributed by atoms with E-state index in [1.54, 1.807) is 0 Å². The molecule has 0 saturated carbocycles. The predicted octanol–water partition coefficient (Wildman–Crippen LogP) is -1.55. The largest absolute Gasteiger partial charge is 0.382 e. The zero-order valence-corrected chi connectivity index (χ0v) is 24.8. The molecule has 25 heteroatoms. The Hall–Kier alpha value is -3.32. The summed E-state index contributed by atoms with van der Waals surface area (Å²) in [7, 11) is -4.77. The van der Waals surface area contributed by atoms with Crippen molar-refractivity contribution in [3.63, 3.8) is 0 Å². The van der Waals surface area contributed by atoms with Gasteiger partial charge >= 0.3 is 17.0 Å². The van der Waals surface area contributed by atoms with Gasteiger partial charge in [-0.3, -0.25) is 23.4 Å². The SMILES string of the molecule is Nc1nc2c(ncn2[C@@H]2O[C@@H]3CNS(=O)(=O)O[C@H]4[C@H](F)[C@H](n5cnc6c(N)ncnc65)O[C@@H]4COP(O)(=S)O[C@H]3[C@H]2F)c(=O)[nH]1. The van der Waals surface area contributed by atoms with Crippen molar-refractivity contribution < 1.29 is 44.8 Å². The number of nitrogens with zero attached hydrogens (tertiary/aromatic N) is 7. The Bertz CT molecular complexity index is 2010. The number of imidazole rings is 2. The second-order valence-electron chi connectivity index (χ2n) is 10.1. The van der Waals surface area contributed by atoms with Gasteiger partial charge in [0, 0.05) is 6.54 Å². The van der Waals surface area contributed by atoms with E-state index in [0.717, 1.165) is 17.2 Å². The molecule has 4 aromatic heterocycles. The number of nitrogen functional groups attached to an aromatic ring is 2. The first-order valence-corrected chi connectivity index (χ1v) is 16.9. The summed E-state index contributed by atoms with van der Waals surface area (Å²) in [4.78, 5) is 45.1. The van der Waals surface area contributed by atoms with Gasteiger partial charge in [0.2, 0.25) is 5.95 Å². The van der Waals surface area contributed by atoms with Crippen molar-refractivity contribution in [1.29, 1.82) is 0 Å². The molecule has 0 aromatic carbocycles. The maximum Gasteiger partial charge on any atom is 0.336 e. The zero-order valence-electron chi connectivity index (χ0n) is 22.3. The Kier molecular flexibility index (Phi) is 7.34. The van der Waals surface area contributed by atoms with E-state index < -0.39 is 84.9 Å². The van der Waals surface area contributed by atoms with E-state index in [1.807, 2.05) is 0 Å². The average Bonchev–Trinajstić information content (AvgIpc) is 3.72. The number of H-pyrrole nitrogens is 1. The van der Waals surface area contributed by atoms with E-state index in [9.17, 15) is 18.1 Å². The van der Waals surface area contributed by atoms with Crippen LogP contribution in [-0.4, -0.2) is 102 Å². The highest BCUT2D eigenvalue weighted by Gasteiger charge is 2.53. The molecule has 20 nitrogen and oxygen atoms in total. The standard InChI is InChI=1S/C20H22F2N11O9PS2/c21-8-12-6(39-18(8)33-5-28-11-16(33)30-20(24)31-17(11)34)1-29-45(36,37)42-13-7(2-38-43(35,44)41-12)40-19(9(13)22)32-4-27-10-14(23)25-3-26-15(10)32/h3-9,12-13,18-19,29H,1-2H2,(H,35,44)(H2,23,25,26)(H3,24,30,31,34)/t6-,7-,8-,9+,12-,13-,18-,19-,43?/m1/s1. The van der Waals surface area contributed by atoms with Crippen LogP contribution in [0.3, 0.4) is 0 Å². The van der Waals surface area contributed by atoms with Crippen LogP contribution >= 0.6 is 6.72 Å². The summed E-state index contributed by atoms with van der Waals surface area (Å²) < 4.78 is 89.7. The van der Waals surface area contributed by atoms with E-state index in [-0.39, 0.29) is 34.1 Å². The topological polar surface area (TPSA) is 272 Å². The van der Waals surface area contributed by atoms with Crippen LogP contribution in [0.2, 0.25) is 0 Å². The highest BCUT2D eigenvalue weighted by molar-refractivity contribution is 8.07. The van der Waals surface area contributed by atoms with Crippen molar-refractivity contribution in [1.82, 2.24) is 43.8 Å². The maximum atomic E-state index is 16.0. The molecule has 3 aliphatic rings. The molecule has 9 atom stereocenters. The van der Waals surface area contributed by atoms with Gasteiger partial charge in [0.25, 0.3) is 5.56 Å². The Morgan fingerprint density at radius 2 is 1.67 bits per heavy atom. The van der Waals surface area contributed by atoms with Crippen LogP contribution in [0.4, 0.5) is 20.5 Å². The van der Waals surface area contributed by atoms with Crippen LogP contribution in [0.15, 0.2) is 23.8 Å². The second-order valence-corrected chi connectivity index (χ2v) is 14.3. The number of anilines is 2. The van der Waals surface area contributed by atoms with Crippen LogP contribution in [0, 0.1) is 0 Å². The van der Waals surface area contributed by atoms with Crippen molar-refractivity contribution in [2.24, 2.45) is 0 Å². The molecule has 0 aliphatic carbocycles. The number of nitrogens with two attached hydrogens (primary N) is 2. The molecule has 7 N–H and O–H groups in total. The van der Waals surface area contributed by atoms with Crippen molar-refractivity contribution in [3.05, 3.63) is 29.3 Å². The fourth-order valence-electron chi connectivity index (χ4n) is 5.28. The molecule has 0 bridgehead atoms. The normalized spacial score (nSPS) is 35.5. The Morgan fingerprint density at radius 3 is 2.42 bits per heavy atom. The fourth-order valence-corrected chi connectivity index (χ4v) is 7.67. The number of rotatable bonds is 2. The maximum absolute atomic E-state index is 16.0. The van der Waals surface area contributed by atoms with E-state index >= 15 is 8.78 Å². The summed E-state index contributed by atoms with van der Waals surface area (Å²) >= 11 is 5.10. The third kappa shape index (κ3) is 5.35. The zero-order chi connectivity index (χ0) is 31.8. The molecular formula is C20H22F2N11O9PS2. The molecule has 242 valence electrons. The summed E-state index contributed by atoms with van der Waals surface area (Å²) in [6, 6.07) is 0. The molecular weight excluding hydrogens is 671 g/mol. The minimum atomic E-state index is -4.77. The number of hydrogen-bond acceptors (Lipinski definition) is 16. The smallest absolute Gasteiger partial charge is 0.336 e. The van der Waals surface area contributed by atoms with Gasteiger partial charge < -0.3 is 30.4 Å². The monoisotopic (exact) mass is 693 g/mol. The number of hydrogen-bond donors (Lipinski definition) is 5. The number of halogens is 2. The molecule has 7 rings (SSSR count). The molecule has 3 fully saturated rings. The quantitative estimate of drug-likeness (QED) is 0.149. The Balaban J connectivity index is 1.17. The third-order valence-electron chi connectivity index (χ3n) is 7.28. The van der Waals surface area contributed by atoms with Gasteiger partial charge in [0.05, 0.1) is 19.3 Å². The lowest BCUT2D eigenvalue weighted by atomic mass is 10.1. The first-order chi connectivity index (χ1) is 21.3. The summed E-state index contributed by atoms with van der Waals surface area (Å²) in [5.74, 6) is -0.269. The van der Waals surface area contributed by atoms with E-state index in [4.69, 9.17) is 46.0 Å². The average molecular weight is 694 g/mol. The summed E-state index contributed by atoms with van der Waals surface area (Å²) in [6.45, 7) is -5.76. The first-order valence-electron chi connectivity index (χ1n) is 12.9. The number of ether oxygens (including phenoxy) is 2. The van der Waals surface area contributed by atoms with Crippen molar-refractivity contribution in [2.75, 3.05) is 24.6 Å². The van der Waals surface area contributed by atoms with Crippen LogP contribution in [0.25, 0.3) is 22.3 Å². The lowest BCUT2D eigenvalue weighted by Gasteiger charge is -2.27. The molecule has 3 saturated heterocycles. The van der Waals surface area contributed by atoms with Crippen molar-refractivity contribution in [2.45, 2.75) is 49.2 Å². The van der Waals surface area contributed by atoms with Gasteiger partial charge in [-0.25, -0.2) is 32.9 Å². The second kappa shape index (κ2) is 10.9. The molecule has 1 unspecified atom stereocenters. The molecule has 3 aliphatic heterocycles. The lowest BCUT2D eigenvalue weighted by molar-refractivity contribution is -0.0454. The van der Waals surface area contributed by atoms with Crippen LogP contribution in [0.1, 0.15) is 12.5 Å². The highest BCUT2D eigenvalue weighted by Crippen LogP contribution is 2.50. The molecule has 45 heavy (non-hydrogen) atoms. The van der Waals surface area contributed by atoms with E-state index in [1.165, 1.54) is 10.9 Å². The molecule has 0 amide bonds. The highest BCUT2D eigenvalue weighted by atomic mass is 32.5. The summed E-state index contributed by atoms with van der Waals surface area (Å²) in [6.07, 6.45) is -10.5. The van der Waals surface area contributed by atoms with Gasteiger partial charge in [0.1, 0.15) is 36.3 Å². The number of fused-ring (bicyclic) bond motifs is 4. The van der Waals surface area contributed by atoms with Gasteiger partial charge in [0.15, 0.2) is 47.4 Å². The number of aromatic nitrogens is 8. The van der Waals surface area contributed by atoms with Crippen LogP contribution < -0.4 is 21.7 Å². The van der Waals surface area contributed by atoms with Crippen LogP contribution in [0.5, 0.6) is 0 Å². The lowest BCUT2D eigenvalue weighted by Crippen LogP contribution is -2.45. The van der Waals surface area contributed by atoms with Crippen LogP contribution in [-0.2, 0) is 44.8 Å². The predicted molar refractivity (Wildman–Crippen MR) is 149 cm³/mol. The fraction of sp³-hybridized carbons (Fsp3) is 0.500. The van der Waals surface area contributed by atoms with Gasteiger partial charge in [-0.2, -0.15) is 18.1 Å². The van der Waals surface area contributed by atoms with E-state index in [2.05, 4.69) is 34.6 Å². The minimum Gasteiger partial charge on any atom is -0.382 e. The molecule has 0 radical (unpaired) electrons.